The highest BCUT2D eigenvalue weighted by Crippen LogP contribution is 2.21. The highest BCUT2D eigenvalue weighted by molar-refractivity contribution is 6.04. The number of aromatic nitrogens is 3. The van der Waals surface area contributed by atoms with Crippen molar-refractivity contribution in [1.82, 2.24) is 15.0 Å². The first-order chi connectivity index (χ1) is 13.7. The van der Waals surface area contributed by atoms with Crippen LogP contribution in [0.15, 0.2) is 73.3 Å². The van der Waals surface area contributed by atoms with Gasteiger partial charge in [0.2, 0.25) is 0 Å². The molecular formula is C21H16FN5O. The standard InChI is InChI=1S/C21H16FN5O/c22-18-3-1-2-17-19(18)25-13-26-20(17)24-12-14-4-6-15(7-5-14)21(28)27-16-8-10-23-11-9-16/h1-11,13H,12H2,(H,23,27,28)(H,24,25,26). The number of halogens is 1. The Hall–Kier alpha value is -3.87. The lowest BCUT2D eigenvalue weighted by molar-refractivity contribution is 0.102. The van der Waals surface area contributed by atoms with Gasteiger partial charge in [-0.05, 0) is 42.0 Å². The molecule has 0 fully saturated rings. The van der Waals surface area contributed by atoms with Crippen LogP contribution in [-0.2, 0) is 6.54 Å². The Bertz CT molecular complexity index is 1120. The number of hydrogen-bond acceptors (Lipinski definition) is 5. The van der Waals surface area contributed by atoms with E-state index < -0.39 is 0 Å². The number of para-hydroxylation sites is 1. The first-order valence-corrected chi connectivity index (χ1v) is 8.64. The number of nitrogens with zero attached hydrogens (tertiary/aromatic N) is 3. The average Bonchev–Trinajstić information content (AvgIpc) is 2.74. The molecule has 7 heteroatoms. The van der Waals surface area contributed by atoms with Crippen molar-refractivity contribution in [2.75, 3.05) is 10.6 Å². The van der Waals surface area contributed by atoms with Gasteiger partial charge in [0, 0.05) is 35.6 Å². The van der Waals surface area contributed by atoms with Gasteiger partial charge < -0.3 is 10.6 Å². The number of rotatable bonds is 5. The lowest BCUT2D eigenvalue weighted by Gasteiger charge is -2.09. The maximum Gasteiger partial charge on any atom is 0.255 e. The number of benzene rings is 2. The van der Waals surface area contributed by atoms with E-state index in [-0.39, 0.29) is 17.2 Å². The van der Waals surface area contributed by atoms with Gasteiger partial charge in [0.05, 0.1) is 0 Å². The zero-order valence-corrected chi connectivity index (χ0v) is 14.8. The van der Waals surface area contributed by atoms with Crippen LogP contribution in [0.5, 0.6) is 0 Å². The fourth-order valence-corrected chi connectivity index (χ4v) is 2.79. The van der Waals surface area contributed by atoms with Gasteiger partial charge in [-0.3, -0.25) is 9.78 Å². The van der Waals surface area contributed by atoms with Crippen LogP contribution in [0, 0.1) is 5.82 Å². The second kappa shape index (κ2) is 7.79. The van der Waals surface area contributed by atoms with Crippen LogP contribution < -0.4 is 10.6 Å². The van der Waals surface area contributed by atoms with Gasteiger partial charge >= 0.3 is 0 Å². The molecule has 0 bridgehead atoms. The zero-order chi connectivity index (χ0) is 19.3. The van der Waals surface area contributed by atoms with Crippen LogP contribution in [0.1, 0.15) is 15.9 Å². The molecule has 2 aromatic carbocycles. The summed E-state index contributed by atoms with van der Waals surface area (Å²) >= 11 is 0. The Morgan fingerprint density at radius 3 is 2.54 bits per heavy atom. The summed E-state index contributed by atoms with van der Waals surface area (Å²) in [5, 5.41) is 6.63. The number of amides is 1. The van der Waals surface area contributed by atoms with Gasteiger partial charge in [-0.15, -0.1) is 0 Å². The summed E-state index contributed by atoms with van der Waals surface area (Å²) < 4.78 is 13.8. The minimum atomic E-state index is -0.382. The van der Waals surface area contributed by atoms with Crippen LogP contribution in [0.2, 0.25) is 0 Å². The van der Waals surface area contributed by atoms with E-state index in [1.807, 2.05) is 12.1 Å². The Morgan fingerprint density at radius 2 is 1.75 bits per heavy atom. The smallest absolute Gasteiger partial charge is 0.255 e. The highest BCUT2D eigenvalue weighted by atomic mass is 19.1. The second-order valence-electron chi connectivity index (χ2n) is 6.10. The number of carbonyl (C=O) groups is 1. The molecule has 2 heterocycles. The molecule has 138 valence electrons. The van der Waals surface area contributed by atoms with Crippen molar-refractivity contribution in [3.8, 4) is 0 Å². The maximum absolute atomic E-state index is 13.8. The van der Waals surface area contributed by atoms with E-state index in [0.717, 1.165) is 5.56 Å². The number of hydrogen-bond donors (Lipinski definition) is 2. The Kier molecular flexibility index (Phi) is 4.88. The molecule has 0 aliphatic carbocycles. The van der Waals surface area contributed by atoms with Gasteiger partial charge in [-0.1, -0.05) is 18.2 Å². The molecule has 0 saturated heterocycles. The fraction of sp³-hybridized carbons (Fsp3) is 0.0476. The SMILES string of the molecule is O=C(Nc1ccncc1)c1ccc(CNc2ncnc3c(F)cccc23)cc1. The molecule has 0 unspecified atom stereocenters. The highest BCUT2D eigenvalue weighted by Gasteiger charge is 2.08. The van der Waals surface area contributed by atoms with Crippen molar-refractivity contribution in [2.24, 2.45) is 0 Å². The molecule has 2 N–H and O–H groups in total. The number of nitrogens with one attached hydrogen (secondary N) is 2. The van der Waals surface area contributed by atoms with Gasteiger partial charge in [0.1, 0.15) is 23.5 Å². The van der Waals surface area contributed by atoms with E-state index in [4.69, 9.17) is 0 Å². The van der Waals surface area contributed by atoms with Crippen molar-refractivity contribution >= 4 is 28.3 Å². The van der Waals surface area contributed by atoms with Gasteiger partial charge in [0.25, 0.3) is 5.91 Å². The first-order valence-electron chi connectivity index (χ1n) is 8.64. The summed E-state index contributed by atoms with van der Waals surface area (Å²) in [6, 6.07) is 15.5. The van der Waals surface area contributed by atoms with Gasteiger partial charge in [-0.25, -0.2) is 14.4 Å². The number of pyridine rings is 1. The molecule has 6 nitrogen and oxygen atoms in total. The summed E-state index contributed by atoms with van der Waals surface area (Å²) in [6.07, 6.45) is 4.57. The molecule has 0 radical (unpaired) electrons. The predicted octanol–water partition coefficient (Wildman–Crippen LogP) is 4.03. The molecule has 4 aromatic rings. The van der Waals surface area contributed by atoms with Gasteiger partial charge in [-0.2, -0.15) is 0 Å². The van der Waals surface area contributed by atoms with E-state index >= 15 is 0 Å². The van der Waals surface area contributed by atoms with Gasteiger partial charge in [0.15, 0.2) is 0 Å². The summed E-state index contributed by atoms with van der Waals surface area (Å²) in [5.41, 5.74) is 2.48. The van der Waals surface area contributed by atoms with Crippen LogP contribution in [0.3, 0.4) is 0 Å². The number of anilines is 2. The molecule has 2 aromatic heterocycles. The van der Waals surface area contributed by atoms with E-state index in [0.29, 0.717) is 29.0 Å². The minimum absolute atomic E-state index is 0.192. The Balaban J connectivity index is 1.44. The largest absolute Gasteiger partial charge is 0.365 e. The number of fused-ring (bicyclic) bond motifs is 1. The molecule has 0 aliphatic heterocycles. The van der Waals surface area contributed by atoms with E-state index in [1.165, 1.54) is 12.4 Å². The third-order valence-electron chi connectivity index (χ3n) is 4.23. The summed E-state index contributed by atoms with van der Waals surface area (Å²) in [7, 11) is 0. The molecule has 28 heavy (non-hydrogen) atoms. The van der Waals surface area contributed by atoms with E-state index in [1.54, 1.807) is 48.8 Å². The molecule has 4 rings (SSSR count). The zero-order valence-electron chi connectivity index (χ0n) is 14.8. The Morgan fingerprint density at radius 1 is 0.964 bits per heavy atom. The van der Waals surface area contributed by atoms with Crippen molar-refractivity contribution in [3.63, 3.8) is 0 Å². The van der Waals surface area contributed by atoms with Crippen molar-refractivity contribution in [1.29, 1.82) is 0 Å². The Labute approximate surface area is 160 Å². The predicted molar refractivity (Wildman–Crippen MR) is 105 cm³/mol. The van der Waals surface area contributed by atoms with Crippen LogP contribution in [-0.4, -0.2) is 20.9 Å². The van der Waals surface area contributed by atoms with Crippen LogP contribution in [0.25, 0.3) is 10.9 Å². The summed E-state index contributed by atoms with van der Waals surface area (Å²) in [5.74, 6) is -0.0144. The van der Waals surface area contributed by atoms with E-state index in [2.05, 4.69) is 25.6 Å². The minimum Gasteiger partial charge on any atom is -0.365 e. The molecule has 0 spiro atoms. The quantitative estimate of drug-likeness (QED) is 0.552. The molecule has 0 saturated carbocycles. The third-order valence-corrected chi connectivity index (χ3v) is 4.23. The van der Waals surface area contributed by atoms with Crippen molar-refractivity contribution in [3.05, 3.63) is 90.3 Å². The average molecular weight is 373 g/mol. The molecular weight excluding hydrogens is 357 g/mol. The maximum atomic E-state index is 13.8. The fourth-order valence-electron chi connectivity index (χ4n) is 2.79. The lowest BCUT2D eigenvalue weighted by atomic mass is 10.1. The molecule has 1 amide bonds. The lowest BCUT2D eigenvalue weighted by Crippen LogP contribution is -2.12. The normalized spacial score (nSPS) is 10.6. The van der Waals surface area contributed by atoms with Crippen molar-refractivity contribution < 1.29 is 9.18 Å². The third kappa shape index (κ3) is 3.78. The second-order valence-corrected chi connectivity index (χ2v) is 6.10. The monoisotopic (exact) mass is 373 g/mol. The van der Waals surface area contributed by atoms with Crippen molar-refractivity contribution in [2.45, 2.75) is 6.54 Å². The first kappa shape index (κ1) is 17.5. The van der Waals surface area contributed by atoms with Crippen LogP contribution in [0.4, 0.5) is 15.9 Å². The summed E-state index contributed by atoms with van der Waals surface area (Å²) in [6.45, 7) is 0.481. The molecule has 0 aliphatic rings. The van der Waals surface area contributed by atoms with E-state index in [9.17, 15) is 9.18 Å². The summed E-state index contributed by atoms with van der Waals surface area (Å²) in [4.78, 5) is 24.4. The number of carbonyl (C=O) groups excluding carboxylic acids is 1. The van der Waals surface area contributed by atoms with Crippen LogP contribution >= 0.6 is 0 Å². The molecule has 0 atom stereocenters. The topological polar surface area (TPSA) is 79.8 Å².